The van der Waals surface area contributed by atoms with Gasteiger partial charge in [-0.15, -0.1) is 11.3 Å². The second-order valence-electron chi connectivity index (χ2n) is 3.93. The molecule has 2 aromatic rings. The first-order chi connectivity index (χ1) is 9.17. The number of hydrogen-bond acceptors (Lipinski definition) is 5. The predicted octanol–water partition coefficient (Wildman–Crippen LogP) is 2.65. The summed E-state index contributed by atoms with van der Waals surface area (Å²) in [5, 5.41) is 1.90. The minimum absolute atomic E-state index is 0.136. The highest BCUT2D eigenvalue weighted by molar-refractivity contribution is 7.10. The summed E-state index contributed by atoms with van der Waals surface area (Å²) >= 11 is 1.47. The van der Waals surface area contributed by atoms with Gasteiger partial charge in [0, 0.05) is 10.4 Å². The summed E-state index contributed by atoms with van der Waals surface area (Å²) in [6.45, 7) is 0. The zero-order valence-corrected chi connectivity index (χ0v) is 11.6. The Kier molecular flexibility index (Phi) is 4.19. The van der Waals surface area contributed by atoms with Gasteiger partial charge in [-0.3, -0.25) is 4.79 Å². The average molecular weight is 277 g/mol. The van der Waals surface area contributed by atoms with Crippen molar-refractivity contribution in [1.29, 1.82) is 0 Å². The Morgan fingerprint density at radius 2 is 1.95 bits per heavy atom. The molecule has 0 bridgehead atoms. The molecule has 0 aliphatic heterocycles. The summed E-state index contributed by atoms with van der Waals surface area (Å²) < 4.78 is 10.3. The number of nitrogens with two attached hydrogens (primary N) is 1. The van der Waals surface area contributed by atoms with Gasteiger partial charge >= 0.3 is 0 Å². The van der Waals surface area contributed by atoms with Crippen molar-refractivity contribution in [2.45, 2.75) is 6.04 Å². The van der Waals surface area contributed by atoms with Crippen LogP contribution in [0, 0.1) is 0 Å². The number of methoxy groups -OCH3 is 2. The number of ether oxygens (including phenoxy) is 2. The maximum atomic E-state index is 12.3. The first-order valence-corrected chi connectivity index (χ1v) is 6.60. The lowest BCUT2D eigenvalue weighted by molar-refractivity contribution is 0.0962. The van der Waals surface area contributed by atoms with Crippen LogP contribution in [0.1, 0.15) is 21.3 Å². The fourth-order valence-electron chi connectivity index (χ4n) is 1.77. The van der Waals surface area contributed by atoms with Crippen LogP contribution in [0.3, 0.4) is 0 Å². The Balaban J connectivity index is 2.29. The number of ketones is 1. The number of thiophene rings is 1. The summed E-state index contributed by atoms with van der Waals surface area (Å²) in [6.07, 6.45) is 0. The van der Waals surface area contributed by atoms with Crippen molar-refractivity contribution in [1.82, 2.24) is 0 Å². The molecule has 2 rings (SSSR count). The van der Waals surface area contributed by atoms with Crippen LogP contribution in [0.4, 0.5) is 0 Å². The highest BCUT2D eigenvalue weighted by atomic mass is 32.1. The molecule has 1 aromatic heterocycles. The van der Waals surface area contributed by atoms with Crippen LogP contribution >= 0.6 is 11.3 Å². The Morgan fingerprint density at radius 1 is 1.21 bits per heavy atom. The molecule has 0 saturated carbocycles. The summed E-state index contributed by atoms with van der Waals surface area (Å²) in [6, 6.07) is 8.13. The van der Waals surface area contributed by atoms with Crippen molar-refractivity contribution in [3.63, 3.8) is 0 Å². The number of rotatable bonds is 5. The first-order valence-electron chi connectivity index (χ1n) is 5.72. The molecule has 1 unspecified atom stereocenters. The first kappa shape index (κ1) is 13.6. The normalized spacial score (nSPS) is 11.9. The van der Waals surface area contributed by atoms with E-state index in [-0.39, 0.29) is 5.78 Å². The van der Waals surface area contributed by atoms with Gasteiger partial charge in [-0.2, -0.15) is 0 Å². The summed E-state index contributed by atoms with van der Waals surface area (Å²) in [4.78, 5) is 13.1. The van der Waals surface area contributed by atoms with E-state index in [0.717, 1.165) is 4.88 Å². The highest BCUT2D eigenvalue weighted by Crippen LogP contribution is 2.29. The van der Waals surface area contributed by atoms with Crippen molar-refractivity contribution in [3.05, 3.63) is 46.2 Å². The van der Waals surface area contributed by atoms with Crippen LogP contribution in [-0.4, -0.2) is 20.0 Å². The zero-order chi connectivity index (χ0) is 13.8. The summed E-state index contributed by atoms with van der Waals surface area (Å²) in [7, 11) is 3.09. The SMILES string of the molecule is COc1ccc(C(=O)C(N)c2cccs2)cc1OC. The molecule has 1 atom stereocenters. The van der Waals surface area contributed by atoms with Gasteiger partial charge < -0.3 is 15.2 Å². The van der Waals surface area contributed by atoms with Gasteiger partial charge in [-0.25, -0.2) is 0 Å². The molecule has 0 amide bonds. The number of carbonyl (C=O) groups excluding carboxylic acids is 1. The lowest BCUT2D eigenvalue weighted by Crippen LogP contribution is -2.20. The third-order valence-electron chi connectivity index (χ3n) is 2.80. The van der Waals surface area contributed by atoms with Crippen LogP contribution in [0.25, 0.3) is 0 Å². The van der Waals surface area contributed by atoms with Crippen molar-refractivity contribution < 1.29 is 14.3 Å². The fraction of sp³-hybridized carbons (Fsp3) is 0.214. The minimum atomic E-state index is -0.641. The van der Waals surface area contributed by atoms with Crippen LogP contribution in [0.15, 0.2) is 35.7 Å². The standard InChI is InChI=1S/C14H15NO3S/c1-17-10-6-5-9(8-11(10)18-2)14(16)13(15)12-4-3-7-19-12/h3-8,13H,15H2,1-2H3. The molecule has 100 valence electrons. The Labute approximate surface area is 115 Å². The summed E-state index contributed by atoms with van der Waals surface area (Å²) in [5.41, 5.74) is 6.48. The van der Waals surface area contributed by atoms with Gasteiger partial charge in [-0.05, 0) is 29.6 Å². The summed E-state index contributed by atoms with van der Waals surface area (Å²) in [5.74, 6) is 0.971. The zero-order valence-electron chi connectivity index (χ0n) is 10.8. The monoisotopic (exact) mass is 277 g/mol. The number of hydrogen-bond donors (Lipinski definition) is 1. The molecule has 1 aromatic carbocycles. The van der Waals surface area contributed by atoms with E-state index < -0.39 is 6.04 Å². The molecule has 2 N–H and O–H groups in total. The Hall–Kier alpha value is -1.85. The second-order valence-corrected chi connectivity index (χ2v) is 4.91. The van der Waals surface area contributed by atoms with E-state index in [9.17, 15) is 4.79 Å². The van der Waals surface area contributed by atoms with Gasteiger partial charge in [0.1, 0.15) is 6.04 Å². The highest BCUT2D eigenvalue weighted by Gasteiger charge is 2.20. The molecule has 5 heteroatoms. The van der Waals surface area contributed by atoms with Gasteiger partial charge in [0.05, 0.1) is 14.2 Å². The minimum Gasteiger partial charge on any atom is -0.493 e. The maximum Gasteiger partial charge on any atom is 0.185 e. The van der Waals surface area contributed by atoms with E-state index in [1.165, 1.54) is 18.4 Å². The van der Waals surface area contributed by atoms with E-state index in [1.807, 2.05) is 17.5 Å². The molecule has 19 heavy (non-hydrogen) atoms. The van der Waals surface area contributed by atoms with Gasteiger partial charge in [0.2, 0.25) is 0 Å². The third-order valence-corrected chi connectivity index (χ3v) is 3.76. The largest absolute Gasteiger partial charge is 0.493 e. The molecule has 1 heterocycles. The maximum absolute atomic E-state index is 12.3. The molecular formula is C14H15NO3S. The molecular weight excluding hydrogens is 262 g/mol. The van der Waals surface area contributed by atoms with E-state index >= 15 is 0 Å². The van der Waals surface area contributed by atoms with Crippen LogP contribution in [0.2, 0.25) is 0 Å². The lowest BCUT2D eigenvalue weighted by atomic mass is 10.0. The topological polar surface area (TPSA) is 61.5 Å². The number of benzene rings is 1. The van der Waals surface area contributed by atoms with E-state index in [2.05, 4.69) is 0 Å². The van der Waals surface area contributed by atoms with E-state index in [0.29, 0.717) is 17.1 Å². The number of Topliss-reactive ketones (excluding diaryl/α,β-unsaturated/α-hetero) is 1. The molecule has 0 aliphatic carbocycles. The molecule has 0 aliphatic rings. The molecule has 0 radical (unpaired) electrons. The average Bonchev–Trinajstić information content (AvgIpc) is 2.99. The van der Waals surface area contributed by atoms with Crippen molar-refractivity contribution in [3.8, 4) is 11.5 Å². The molecule has 0 saturated heterocycles. The van der Waals surface area contributed by atoms with E-state index in [1.54, 1.807) is 25.3 Å². The van der Waals surface area contributed by atoms with Gasteiger partial charge in [-0.1, -0.05) is 6.07 Å². The van der Waals surface area contributed by atoms with Crippen molar-refractivity contribution in [2.75, 3.05) is 14.2 Å². The predicted molar refractivity (Wildman–Crippen MR) is 75.1 cm³/mol. The second kappa shape index (κ2) is 5.86. The van der Waals surface area contributed by atoms with Gasteiger partial charge in [0.25, 0.3) is 0 Å². The lowest BCUT2D eigenvalue weighted by Gasteiger charge is -2.12. The van der Waals surface area contributed by atoms with Crippen LogP contribution in [-0.2, 0) is 0 Å². The molecule has 0 spiro atoms. The Morgan fingerprint density at radius 3 is 2.53 bits per heavy atom. The van der Waals surface area contributed by atoms with Crippen LogP contribution in [0.5, 0.6) is 11.5 Å². The van der Waals surface area contributed by atoms with Crippen molar-refractivity contribution >= 4 is 17.1 Å². The van der Waals surface area contributed by atoms with Crippen LogP contribution < -0.4 is 15.2 Å². The Bertz CT molecular complexity index is 566. The van der Waals surface area contributed by atoms with E-state index in [4.69, 9.17) is 15.2 Å². The third kappa shape index (κ3) is 2.77. The quantitative estimate of drug-likeness (QED) is 0.853. The van der Waals surface area contributed by atoms with Gasteiger partial charge in [0.15, 0.2) is 17.3 Å². The molecule has 0 fully saturated rings. The fourth-order valence-corrected chi connectivity index (χ4v) is 2.49. The smallest absolute Gasteiger partial charge is 0.185 e. The number of carbonyl (C=O) groups is 1. The van der Waals surface area contributed by atoms with Crippen molar-refractivity contribution in [2.24, 2.45) is 5.73 Å². The molecule has 4 nitrogen and oxygen atoms in total.